The Labute approximate surface area is 213 Å². The molecule has 6 nitrogen and oxygen atoms in total. The fourth-order valence-corrected chi connectivity index (χ4v) is 4.88. The monoisotopic (exact) mass is 502 g/mol. The number of halogens is 1. The van der Waals surface area contributed by atoms with Gasteiger partial charge in [-0.05, 0) is 79.3 Å². The maximum atomic E-state index is 11.4. The van der Waals surface area contributed by atoms with Gasteiger partial charge in [0.15, 0.2) is 5.11 Å². The summed E-state index contributed by atoms with van der Waals surface area (Å²) < 4.78 is 6.43. The molecule has 176 valence electrons. The number of nitrogens with zero attached hydrogens (tertiary/aromatic N) is 2. The maximum absolute atomic E-state index is 11.4. The molecule has 1 saturated heterocycles. The average molecular weight is 503 g/mol. The molecule has 0 bridgehead atoms. The Hall–Kier alpha value is -3.68. The van der Waals surface area contributed by atoms with Gasteiger partial charge in [0.2, 0.25) is 5.91 Å². The molecule has 1 aliphatic heterocycles. The van der Waals surface area contributed by atoms with Crippen LogP contribution in [0, 0.1) is 6.92 Å². The molecule has 0 saturated carbocycles. The summed E-state index contributed by atoms with van der Waals surface area (Å²) in [6, 6.07) is 22.6. The van der Waals surface area contributed by atoms with Crippen molar-refractivity contribution in [3.05, 3.63) is 101 Å². The molecule has 2 aromatic carbocycles. The van der Waals surface area contributed by atoms with Gasteiger partial charge in [0.1, 0.15) is 17.6 Å². The number of hydrogen-bond donors (Lipinski definition) is 2. The Balaban J connectivity index is 1.57. The standard InChI is InChI=1S/C27H23ClN4O2S/c1-16-20(6-5-7-21(16)28)23-13-14-24(34-23)26-25(22-8-3-4-15-29-22)31-27(35)32(26)19-11-9-18(10-12-19)30-17(2)33/h3-15,25-26H,1-2H3,(H,30,33)(H,31,35)/t25-,26+/m1/s1. The third-order valence-corrected chi connectivity index (χ3v) is 6.74. The normalized spacial score (nSPS) is 17.3. The number of carbonyl (C=O) groups excluding carboxylic acids is 1. The summed E-state index contributed by atoms with van der Waals surface area (Å²) in [6.45, 7) is 3.46. The first-order chi connectivity index (χ1) is 16.9. The lowest BCUT2D eigenvalue weighted by atomic mass is 10.0. The predicted octanol–water partition coefficient (Wildman–Crippen LogP) is 6.44. The second-order valence-corrected chi connectivity index (χ2v) is 9.13. The Bertz CT molecular complexity index is 1390. The first kappa shape index (κ1) is 23.1. The number of aromatic nitrogens is 1. The molecule has 0 radical (unpaired) electrons. The van der Waals surface area contributed by atoms with Crippen LogP contribution in [0.1, 0.15) is 36.0 Å². The molecule has 4 aromatic rings. The molecule has 35 heavy (non-hydrogen) atoms. The van der Waals surface area contributed by atoms with Gasteiger partial charge in [0.05, 0.1) is 11.7 Å². The summed E-state index contributed by atoms with van der Waals surface area (Å²) >= 11 is 12.1. The van der Waals surface area contributed by atoms with Crippen LogP contribution in [0.5, 0.6) is 0 Å². The minimum absolute atomic E-state index is 0.122. The van der Waals surface area contributed by atoms with Crippen LogP contribution >= 0.6 is 23.8 Å². The fraction of sp³-hybridized carbons (Fsp3) is 0.148. The third kappa shape index (κ3) is 4.52. The number of nitrogens with one attached hydrogen (secondary N) is 2. The summed E-state index contributed by atoms with van der Waals surface area (Å²) in [5.41, 5.74) is 4.35. The summed E-state index contributed by atoms with van der Waals surface area (Å²) in [4.78, 5) is 18.0. The number of furan rings is 1. The van der Waals surface area contributed by atoms with Gasteiger partial charge in [0, 0.05) is 35.1 Å². The molecule has 8 heteroatoms. The Morgan fingerprint density at radius 1 is 1.09 bits per heavy atom. The highest BCUT2D eigenvalue weighted by Gasteiger charge is 2.42. The van der Waals surface area contributed by atoms with E-state index in [2.05, 4.69) is 15.6 Å². The van der Waals surface area contributed by atoms with Crippen LogP contribution in [0.3, 0.4) is 0 Å². The molecule has 0 spiro atoms. The highest BCUT2D eigenvalue weighted by atomic mass is 35.5. The van der Waals surface area contributed by atoms with E-state index in [1.165, 1.54) is 6.92 Å². The zero-order chi connectivity index (χ0) is 24.5. The summed E-state index contributed by atoms with van der Waals surface area (Å²) in [7, 11) is 0. The van der Waals surface area contributed by atoms with Crippen molar-refractivity contribution in [1.29, 1.82) is 0 Å². The lowest BCUT2D eigenvalue weighted by Gasteiger charge is -2.26. The predicted molar refractivity (Wildman–Crippen MR) is 143 cm³/mol. The maximum Gasteiger partial charge on any atom is 0.221 e. The molecule has 2 N–H and O–H groups in total. The minimum atomic E-state index is -0.280. The van der Waals surface area contributed by atoms with Crippen molar-refractivity contribution < 1.29 is 9.21 Å². The van der Waals surface area contributed by atoms with Crippen molar-refractivity contribution in [2.45, 2.75) is 25.9 Å². The van der Waals surface area contributed by atoms with Gasteiger partial charge in [-0.15, -0.1) is 0 Å². The van der Waals surface area contributed by atoms with E-state index in [0.717, 1.165) is 34.0 Å². The van der Waals surface area contributed by atoms with Gasteiger partial charge in [-0.25, -0.2) is 0 Å². The Kier molecular flexibility index (Phi) is 6.28. The molecule has 0 unspecified atom stereocenters. The van der Waals surface area contributed by atoms with Crippen LogP contribution in [-0.4, -0.2) is 16.0 Å². The molecule has 1 amide bonds. The van der Waals surface area contributed by atoms with Crippen molar-refractivity contribution in [3.8, 4) is 11.3 Å². The number of anilines is 2. The number of thiocarbonyl (C=S) groups is 1. The van der Waals surface area contributed by atoms with Gasteiger partial charge in [-0.1, -0.05) is 29.8 Å². The van der Waals surface area contributed by atoms with E-state index in [1.54, 1.807) is 6.20 Å². The van der Waals surface area contributed by atoms with E-state index in [-0.39, 0.29) is 18.0 Å². The smallest absolute Gasteiger partial charge is 0.221 e. The Morgan fingerprint density at radius 2 is 1.89 bits per heavy atom. The van der Waals surface area contributed by atoms with Crippen molar-refractivity contribution in [3.63, 3.8) is 0 Å². The first-order valence-electron chi connectivity index (χ1n) is 11.2. The first-order valence-corrected chi connectivity index (χ1v) is 11.9. The number of hydrogen-bond acceptors (Lipinski definition) is 4. The summed E-state index contributed by atoms with van der Waals surface area (Å²) in [6.07, 6.45) is 1.77. The third-order valence-electron chi connectivity index (χ3n) is 6.02. The number of carbonyl (C=O) groups is 1. The summed E-state index contributed by atoms with van der Waals surface area (Å²) in [5.74, 6) is 1.36. The molecule has 5 rings (SSSR count). The van der Waals surface area contributed by atoms with Gasteiger partial charge in [-0.3, -0.25) is 9.78 Å². The fourth-order valence-electron chi connectivity index (χ4n) is 4.36. The van der Waals surface area contributed by atoms with Crippen LogP contribution < -0.4 is 15.5 Å². The topological polar surface area (TPSA) is 70.4 Å². The Morgan fingerprint density at radius 3 is 2.60 bits per heavy atom. The molecule has 1 aliphatic rings. The van der Waals surface area contributed by atoms with Gasteiger partial charge in [-0.2, -0.15) is 0 Å². The van der Waals surface area contributed by atoms with Crippen LogP contribution in [0.25, 0.3) is 11.3 Å². The zero-order valence-corrected chi connectivity index (χ0v) is 20.7. The van der Waals surface area contributed by atoms with Gasteiger partial charge < -0.3 is 20.0 Å². The summed E-state index contributed by atoms with van der Waals surface area (Å²) in [5, 5.41) is 7.48. The van der Waals surface area contributed by atoms with E-state index >= 15 is 0 Å². The van der Waals surface area contributed by atoms with E-state index in [4.69, 9.17) is 28.2 Å². The van der Waals surface area contributed by atoms with Crippen LogP contribution in [0.15, 0.2) is 83.4 Å². The van der Waals surface area contributed by atoms with Crippen molar-refractivity contribution in [2.24, 2.45) is 0 Å². The van der Waals surface area contributed by atoms with Crippen LogP contribution in [-0.2, 0) is 4.79 Å². The number of pyridine rings is 1. The van der Waals surface area contributed by atoms with E-state index < -0.39 is 0 Å². The SMILES string of the molecule is CC(=O)Nc1ccc(N2C(=S)N[C@H](c3ccccn3)[C@@H]2c2ccc(-c3cccc(Cl)c3C)o2)cc1. The number of benzene rings is 2. The molecule has 3 heterocycles. The lowest BCUT2D eigenvalue weighted by molar-refractivity contribution is -0.114. The lowest BCUT2D eigenvalue weighted by Crippen LogP contribution is -2.29. The molecule has 2 atom stereocenters. The minimum Gasteiger partial charge on any atom is -0.459 e. The highest BCUT2D eigenvalue weighted by Crippen LogP contribution is 2.43. The van der Waals surface area contributed by atoms with Crippen LogP contribution in [0.2, 0.25) is 5.02 Å². The van der Waals surface area contributed by atoms with Crippen LogP contribution in [0.4, 0.5) is 11.4 Å². The quantitative estimate of drug-likeness (QED) is 0.306. The molecule has 1 fully saturated rings. The second kappa shape index (κ2) is 9.52. The van der Waals surface area contributed by atoms with E-state index in [9.17, 15) is 4.79 Å². The molecular weight excluding hydrogens is 480 g/mol. The van der Waals surface area contributed by atoms with Crippen molar-refractivity contribution in [2.75, 3.05) is 10.2 Å². The largest absolute Gasteiger partial charge is 0.459 e. The zero-order valence-electron chi connectivity index (χ0n) is 19.2. The number of amides is 1. The van der Waals surface area contributed by atoms with E-state index in [0.29, 0.717) is 15.8 Å². The second-order valence-electron chi connectivity index (χ2n) is 8.34. The van der Waals surface area contributed by atoms with Gasteiger partial charge >= 0.3 is 0 Å². The molecular formula is C27H23ClN4O2S. The van der Waals surface area contributed by atoms with Gasteiger partial charge in [0.25, 0.3) is 0 Å². The highest BCUT2D eigenvalue weighted by molar-refractivity contribution is 7.80. The van der Waals surface area contributed by atoms with Crippen molar-refractivity contribution >= 4 is 46.2 Å². The molecule has 2 aromatic heterocycles. The van der Waals surface area contributed by atoms with E-state index in [1.807, 2.05) is 84.6 Å². The molecule has 0 aliphatic carbocycles. The van der Waals surface area contributed by atoms with Crippen molar-refractivity contribution in [1.82, 2.24) is 10.3 Å². The average Bonchev–Trinajstić information content (AvgIpc) is 3.46. The number of rotatable bonds is 5.